The van der Waals surface area contributed by atoms with Crippen LogP contribution >= 0.6 is 0 Å². The van der Waals surface area contributed by atoms with E-state index in [9.17, 15) is 14.7 Å². The van der Waals surface area contributed by atoms with Gasteiger partial charge in [-0.2, -0.15) is 0 Å². The maximum atomic E-state index is 12.7. The van der Waals surface area contributed by atoms with Gasteiger partial charge >= 0.3 is 5.97 Å². The minimum atomic E-state index is -0.445. The van der Waals surface area contributed by atoms with Gasteiger partial charge in [-0.25, -0.2) is 9.78 Å². The van der Waals surface area contributed by atoms with E-state index >= 15 is 0 Å². The molecule has 1 fully saturated rings. The summed E-state index contributed by atoms with van der Waals surface area (Å²) in [5.74, 6) is 0.0666. The first-order chi connectivity index (χ1) is 12.6. The van der Waals surface area contributed by atoms with Crippen molar-refractivity contribution in [2.24, 2.45) is 5.92 Å². The second-order valence-corrected chi connectivity index (χ2v) is 6.36. The van der Waals surface area contributed by atoms with Crippen LogP contribution in [0.3, 0.4) is 0 Å². The number of esters is 1. The van der Waals surface area contributed by atoms with E-state index in [1.807, 2.05) is 17.9 Å². The van der Waals surface area contributed by atoms with Gasteiger partial charge in [-0.05, 0) is 19.4 Å². The number of hydrogen-bond donors (Lipinski definition) is 1. The van der Waals surface area contributed by atoms with E-state index in [0.717, 1.165) is 6.42 Å². The average Bonchev–Trinajstić information content (AvgIpc) is 3.16. The molecule has 0 spiro atoms. The molecular weight excluding hydrogens is 334 g/mol. The summed E-state index contributed by atoms with van der Waals surface area (Å²) in [5.41, 5.74) is 1.42. The maximum absolute atomic E-state index is 12.7. The highest BCUT2D eigenvalue weighted by Gasteiger charge is 2.26. The number of aromatic nitrogens is 2. The molecule has 1 aromatic heterocycles. The monoisotopic (exact) mass is 357 g/mol. The number of carbonyl (C=O) groups excluding carboxylic acids is 1. The Kier molecular flexibility index (Phi) is 5.37. The Morgan fingerprint density at radius 3 is 2.81 bits per heavy atom. The average molecular weight is 357 g/mol. The van der Waals surface area contributed by atoms with Crippen LogP contribution in [0.1, 0.15) is 23.7 Å². The summed E-state index contributed by atoms with van der Waals surface area (Å²) in [6, 6.07) is 7.06. The third-order valence-electron chi connectivity index (χ3n) is 4.75. The molecule has 2 aromatic rings. The van der Waals surface area contributed by atoms with Gasteiger partial charge in [0.25, 0.3) is 5.56 Å². The van der Waals surface area contributed by atoms with Crippen molar-refractivity contribution in [1.82, 2.24) is 9.55 Å². The second-order valence-electron chi connectivity index (χ2n) is 6.36. The lowest BCUT2D eigenvalue weighted by Crippen LogP contribution is -2.32. The highest BCUT2D eigenvalue weighted by molar-refractivity contribution is 5.96. The van der Waals surface area contributed by atoms with Gasteiger partial charge in [0.05, 0.1) is 18.4 Å². The van der Waals surface area contributed by atoms with Crippen LogP contribution in [0, 0.1) is 5.92 Å². The van der Waals surface area contributed by atoms with E-state index in [2.05, 4.69) is 4.98 Å². The zero-order valence-electron chi connectivity index (χ0n) is 15.0. The molecule has 0 aliphatic carbocycles. The normalized spacial score (nSPS) is 16.7. The van der Waals surface area contributed by atoms with Crippen molar-refractivity contribution in [3.8, 4) is 11.3 Å². The van der Waals surface area contributed by atoms with Crippen LogP contribution in [0.4, 0.5) is 5.82 Å². The van der Waals surface area contributed by atoms with E-state index in [1.54, 1.807) is 29.0 Å². The maximum Gasteiger partial charge on any atom is 0.338 e. The Morgan fingerprint density at radius 2 is 2.15 bits per heavy atom. The van der Waals surface area contributed by atoms with Gasteiger partial charge in [0.1, 0.15) is 0 Å². The summed E-state index contributed by atoms with van der Waals surface area (Å²) in [6.07, 6.45) is 2.50. The minimum Gasteiger partial charge on any atom is -0.465 e. The van der Waals surface area contributed by atoms with Crippen LogP contribution in [0.25, 0.3) is 11.3 Å². The molecule has 1 atom stereocenters. The van der Waals surface area contributed by atoms with E-state index in [4.69, 9.17) is 4.74 Å². The first-order valence-corrected chi connectivity index (χ1v) is 8.74. The molecule has 26 heavy (non-hydrogen) atoms. The molecule has 138 valence electrons. The van der Waals surface area contributed by atoms with Crippen LogP contribution in [0.15, 0.2) is 35.3 Å². The smallest absolute Gasteiger partial charge is 0.338 e. The Balaban J connectivity index is 2.11. The molecule has 1 aliphatic rings. The molecule has 0 radical (unpaired) electrons. The van der Waals surface area contributed by atoms with Crippen molar-refractivity contribution in [2.75, 3.05) is 31.7 Å². The van der Waals surface area contributed by atoms with Crippen molar-refractivity contribution in [3.63, 3.8) is 0 Å². The number of ether oxygens (including phenoxy) is 1. The quantitative estimate of drug-likeness (QED) is 0.817. The lowest BCUT2D eigenvalue weighted by Gasteiger charge is -2.19. The largest absolute Gasteiger partial charge is 0.465 e. The van der Waals surface area contributed by atoms with Crippen LogP contribution in [-0.4, -0.2) is 47.4 Å². The number of methoxy groups -OCH3 is 1. The van der Waals surface area contributed by atoms with Crippen molar-refractivity contribution < 1.29 is 14.6 Å². The fraction of sp³-hybridized carbons (Fsp3) is 0.421. The van der Waals surface area contributed by atoms with E-state index in [1.165, 1.54) is 7.11 Å². The summed E-state index contributed by atoms with van der Waals surface area (Å²) in [7, 11) is 1.34. The van der Waals surface area contributed by atoms with Crippen molar-refractivity contribution >= 4 is 11.8 Å². The van der Waals surface area contributed by atoms with Crippen LogP contribution in [0.5, 0.6) is 0 Å². The zero-order chi connectivity index (χ0) is 18.7. The first kappa shape index (κ1) is 18.1. The highest BCUT2D eigenvalue weighted by Crippen LogP contribution is 2.25. The standard InChI is InChI=1S/C19H23N3O4/c1-3-21-11-16(14-6-4-5-7-15(14)19(25)26-2)20-17(18(21)24)22-9-8-13(10-22)12-23/h4-7,11,13,23H,3,8-10,12H2,1-2H3/t13-/m1/s1. The fourth-order valence-corrected chi connectivity index (χ4v) is 3.26. The van der Waals surface area contributed by atoms with E-state index in [0.29, 0.717) is 42.3 Å². The lowest BCUT2D eigenvalue weighted by atomic mass is 10.0. The van der Waals surface area contributed by atoms with Crippen LogP contribution in [0.2, 0.25) is 0 Å². The molecule has 0 saturated carbocycles. The molecule has 7 heteroatoms. The summed E-state index contributed by atoms with van der Waals surface area (Å²) in [6.45, 7) is 3.77. The number of nitrogens with zero attached hydrogens (tertiary/aromatic N) is 3. The topological polar surface area (TPSA) is 84.7 Å². The van der Waals surface area contributed by atoms with Crippen molar-refractivity contribution in [1.29, 1.82) is 0 Å². The molecular formula is C19H23N3O4. The van der Waals surface area contributed by atoms with Gasteiger partial charge in [0, 0.05) is 43.9 Å². The predicted octanol–water partition coefficient (Wildman–Crippen LogP) is 1.54. The molecule has 0 amide bonds. The van der Waals surface area contributed by atoms with Gasteiger partial charge in [0.15, 0.2) is 5.82 Å². The third kappa shape index (κ3) is 3.35. The van der Waals surface area contributed by atoms with Gasteiger partial charge in [-0.1, -0.05) is 18.2 Å². The summed E-state index contributed by atoms with van der Waals surface area (Å²) < 4.78 is 6.46. The van der Waals surface area contributed by atoms with Gasteiger partial charge in [-0.15, -0.1) is 0 Å². The molecule has 1 saturated heterocycles. The summed E-state index contributed by atoms with van der Waals surface area (Å²) in [5, 5.41) is 9.38. The minimum absolute atomic E-state index is 0.101. The number of aliphatic hydroxyl groups is 1. The SMILES string of the molecule is CCn1cc(-c2ccccc2C(=O)OC)nc(N2CC[C@@H](CO)C2)c1=O. The Bertz CT molecular complexity index is 862. The number of benzene rings is 1. The number of anilines is 1. The Morgan fingerprint density at radius 1 is 1.38 bits per heavy atom. The van der Waals surface area contributed by atoms with Gasteiger partial charge in [-0.3, -0.25) is 4.79 Å². The second kappa shape index (κ2) is 7.70. The van der Waals surface area contributed by atoms with Gasteiger partial charge < -0.3 is 19.3 Å². The molecule has 0 unspecified atom stereocenters. The highest BCUT2D eigenvalue weighted by atomic mass is 16.5. The molecule has 1 N–H and O–H groups in total. The van der Waals surface area contributed by atoms with Crippen molar-refractivity contribution in [3.05, 3.63) is 46.4 Å². The van der Waals surface area contributed by atoms with Crippen LogP contribution < -0.4 is 10.5 Å². The Labute approximate surface area is 151 Å². The number of rotatable bonds is 5. The number of hydrogen-bond acceptors (Lipinski definition) is 6. The lowest BCUT2D eigenvalue weighted by molar-refractivity contribution is 0.0601. The van der Waals surface area contributed by atoms with Crippen LogP contribution in [-0.2, 0) is 11.3 Å². The molecule has 3 rings (SSSR count). The zero-order valence-corrected chi connectivity index (χ0v) is 15.0. The third-order valence-corrected chi connectivity index (χ3v) is 4.75. The molecule has 0 bridgehead atoms. The molecule has 2 heterocycles. The molecule has 1 aromatic carbocycles. The van der Waals surface area contributed by atoms with Gasteiger partial charge in [0.2, 0.25) is 0 Å². The molecule has 7 nitrogen and oxygen atoms in total. The molecule has 1 aliphatic heterocycles. The Hall–Kier alpha value is -2.67. The van der Waals surface area contributed by atoms with E-state index in [-0.39, 0.29) is 18.1 Å². The summed E-state index contributed by atoms with van der Waals surface area (Å²) >= 11 is 0. The first-order valence-electron chi connectivity index (χ1n) is 8.74. The summed E-state index contributed by atoms with van der Waals surface area (Å²) in [4.78, 5) is 31.3. The number of aliphatic hydroxyl groups excluding tert-OH is 1. The van der Waals surface area contributed by atoms with E-state index < -0.39 is 5.97 Å². The fourth-order valence-electron chi connectivity index (χ4n) is 3.26. The number of carbonyl (C=O) groups is 1. The van der Waals surface area contributed by atoms with Crippen molar-refractivity contribution in [2.45, 2.75) is 19.9 Å². The number of aryl methyl sites for hydroxylation is 1. The predicted molar refractivity (Wildman–Crippen MR) is 98.4 cm³/mol.